The first-order chi connectivity index (χ1) is 13.0. The Morgan fingerprint density at radius 2 is 1.96 bits per heavy atom. The number of aromatic nitrogens is 2. The zero-order valence-corrected chi connectivity index (χ0v) is 16.2. The summed E-state index contributed by atoms with van der Waals surface area (Å²) in [6.45, 7) is 5.81. The summed E-state index contributed by atoms with van der Waals surface area (Å²) in [5, 5.41) is 3.23. The highest BCUT2D eigenvalue weighted by Gasteiger charge is 2.22. The number of rotatable bonds is 6. The first-order valence-electron chi connectivity index (χ1n) is 9.25. The summed E-state index contributed by atoms with van der Waals surface area (Å²) in [5.41, 5.74) is 2.41. The van der Waals surface area contributed by atoms with E-state index >= 15 is 0 Å². The molecule has 0 radical (unpaired) electrons. The second kappa shape index (κ2) is 8.81. The molecule has 1 fully saturated rings. The molecule has 0 spiro atoms. The van der Waals surface area contributed by atoms with Crippen molar-refractivity contribution in [3.8, 4) is 5.75 Å². The fourth-order valence-electron chi connectivity index (χ4n) is 3.08. The SMILES string of the molecule is COc1cccc(CCNc2nc(C)cc(C(=O)N3CCN(C)CC3)n2)c1. The highest BCUT2D eigenvalue weighted by atomic mass is 16.5. The average molecular weight is 369 g/mol. The van der Waals surface area contributed by atoms with Gasteiger partial charge in [0.15, 0.2) is 0 Å². The number of amides is 1. The van der Waals surface area contributed by atoms with Crippen LogP contribution >= 0.6 is 0 Å². The number of likely N-dealkylation sites (N-methyl/N-ethyl adjacent to an activating group) is 1. The molecule has 1 aliphatic rings. The molecule has 3 rings (SSSR count). The summed E-state index contributed by atoms with van der Waals surface area (Å²) in [4.78, 5) is 25.7. The zero-order chi connectivity index (χ0) is 19.2. The van der Waals surface area contributed by atoms with Crippen molar-refractivity contribution in [1.82, 2.24) is 19.8 Å². The summed E-state index contributed by atoms with van der Waals surface area (Å²) in [5.74, 6) is 1.32. The molecular weight excluding hydrogens is 342 g/mol. The van der Waals surface area contributed by atoms with Crippen LogP contribution in [0.15, 0.2) is 30.3 Å². The van der Waals surface area contributed by atoms with Gasteiger partial charge in [0.05, 0.1) is 7.11 Å². The molecule has 0 saturated carbocycles. The Morgan fingerprint density at radius 3 is 2.70 bits per heavy atom. The molecule has 0 aliphatic carbocycles. The Bertz CT molecular complexity index is 788. The van der Waals surface area contributed by atoms with Crippen molar-refractivity contribution < 1.29 is 9.53 Å². The summed E-state index contributed by atoms with van der Waals surface area (Å²) >= 11 is 0. The van der Waals surface area contributed by atoms with Gasteiger partial charge < -0.3 is 19.9 Å². The first-order valence-corrected chi connectivity index (χ1v) is 9.25. The van der Waals surface area contributed by atoms with E-state index in [-0.39, 0.29) is 5.91 Å². The van der Waals surface area contributed by atoms with Crippen LogP contribution in [-0.2, 0) is 6.42 Å². The van der Waals surface area contributed by atoms with Crippen LogP contribution < -0.4 is 10.1 Å². The maximum atomic E-state index is 12.8. The topological polar surface area (TPSA) is 70.6 Å². The molecule has 0 unspecified atom stereocenters. The number of methoxy groups -OCH3 is 1. The normalized spacial score (nSPS) is 14.9. The molecule has 1 N–H and O–H groups in total. The number of benzene rings is 1. The first kappa shape index (κ1) is 19.1. The predicted molar refractivity (Wildman–Crippen MR) is 105 cm³/mol. The van der Waals surface area contributed by atoms with E-state index in [0.717, 1.165) is 44.0 Å². The summed E-state index contributed by atoms with van der Waals surface area (Å²) in [7, 11) is 3.73. The molecule has 1 saturated heterocycles. The molecule has 2 aromatic rings. The van der Waals surface area contributed by atoms with Gasteiger partial charge in [-0.25, -0.2) is 9.97 Å². The third-order valence-electron chi connectivity index (χ3n) is 4.69. The largest absolute Gasteiger partial charge is 0.497 e. The van der Waals surface area contributed by atoms with Crippen LogP contribution in [0.5, 0.6) is 5.75 Å². The van der Waals surface area contributed by atoms with Gasteiger partial charge in [0, 0.05) is 38.4 Å². The zero-order valence-electron chi connectivity index (χ0n) is 16.2. The third-order valence-corrected chi connectivity index (χ3v) is 4.69. The summed E-state index contributed by atoms with van der Waals surface area (Å²) in [6, 6.07) is 9.74. The van der Waals surface area contributed by atoms with Gasteiger partial charge in [-0.1, -0.05) is 12.1 Å². The van der Waals surface area contributed by atoms with Crippen molar-refractivity contribution in [2.45, 2.75) is 13.3 Å². The van der Waals surface area contributed by atoms with E-state index in [1.54, 1.807) is 13.2 Å². The van der Waals surface area contributed by atoms with Crippen LogP contribution in [0.1, 0.15) is 21.7 Å². The number of hydrogen-bond acceptors (Lipinski definition) is 6. The lowest BCUT2D eigenvalue weighted by Gasteiger charge is -2.32. The smallest absolute Gasteiger partial charge is 0.272 e. The lowest BCUT2D eigenvalue weighted by molar-refractivity contribution is 0.0658. The van der Waals surface area contributed by atoms with Gasteiger partial charge in [0.1, 0.15) is 11.4 Å². The van der Waals surface area contributed by atoms with Crippen LogP contribution in [0, 0.1) is 6.92 Å². The Morgan fingerprint density at radius 1 is 1.19 bits per heavy atom. The quantitative estimate of drug-likeness (QED) is 0.838. The van der Waals surface area contributed by atoms with Gasteiger partial charge in [-0.3, -0.25) is 4.79 Å². The fourth-order valence-corrected chi connectivity index (χ4v) is 3.08. The number of carbonyl (C=O) groups is 1. The fraction of sp³-hybridized carbons (Fsp3) is 0.450. The Labute approximate surface area is 160 Å². The third kappa shape index (κ3) is 5.17. The van der Waals surface area contributed by atoms with E-state index < -0.39 is 0 Å². The van der Waals surface area contributed by atoms with E-state index in [2.05, 4.69) is 33.3 Å². The summed E-state index contributed by atoms with van der Waals surface area (Å²) < 4.78 is 5.25. The molecule has 1 aliphatic heterocycles. The number of aryl methyl sites for hydroxylation is 1. The van der Waals surface area contributed by atoms with Crippen molar-refractivity contribution in [1.29, 1.82) is 0 Å². The van der Waals surface area contributed by atoms with Gasteiger partial charge in [-0.2, -0.15) is 0 Å². The minimum absolute atomic E-state index is 0.0237. The number of hydrogen-bond donors (Lipinski definition) is 1. The van der Waals surface area contributed by atoms with Crippen molar-refractivity contribution in [2.24, 2.45) is 0 Å². The highest BCUT2D eigenvalue weighted by molar-refractivity contribution is 5.92. The number of anilines is 1. The number of nitrogens with one attached hydrogen (secondary N) is 1. The van der Waals surface area contributed by atoms with E-state index in [0.29, 0.717) is 18.2 Å². The molecule has 1 aromatic carbocycles. The van der Waals surface area contributed by atoms with Gasteiger partial charge in [-0.15, -0.1) is 0 Å². The second-order valence-corrected chi connectivity index (χ2v) is 6.84. The van der Waals surface area contributed by atoms with E-state index in [4.69, 9.17) is 4.74 Å². The highest BCUT2D eigenvalue weighted by Crippen LogP contribution is 2.14. The van der Waals surface area contributed by atoms with Crippen LogP contribution in [0.4, 0.5) is 5.95 Å². The van der Waals surface area contributed by atoms with Gasteiger partial charge in [0.25, 0.3) is 5.91 Å². The molecule has 7 nitrogen and oxygen atoms in total. The second-order valence-electron chi connectivity index (χ2n) is 6.84. The lowest BCUT2D eigenvalue weighted by Crippen LogP contribution is -2.47. The van der Waals surface area contributed by atoms with Crippen molar-refractivity contribution in [3.05, 3.63) is 47.3 Å². The minimum atomic E-state index is -0.0237. The van der Waals surface area contributed by atoms with Crippen molar-refractivity contribution >= 4 is 11.9 Å². The van der Waals surface area contributed by atoms with E-state index in [1.165, 1.54) is 5.56 Å². The maximum absolute atomic E-state index is 12.8. The Hall–Kier alpha value is -2.67. The van der Waals surface area contributed by atoms with Crippen LogP contribution in [0.3, 0.4) is 0 Å². The molecule has 0 bridgehead atoms. The van der Waals surface area contributed by atoms with Gasteiger partial charge in [-0.05, 0) is 44.2 Å². The monoisotopic (exact) mass is 369 g/mol. The Balaban J connectivity index is 1.62. The lowest BCUT2D eigenvalue weighted by atomic mass is 10.1. The van der Waals surface area contributed by atoms with Crippen LogP contribution in [0.2, 0.25) is 0 Å². The molecule has 2 heterocycles. The van der Waals surface area contributed by atoms with Gasteiger partial charge in [0.2, 0.25) is 5.95 Å². The predicted octanol–water partition coefficient (Wildman–Crippen LogP) is 1.84. The average Bonchev–Trinajstić information content (AvgIpc) is 2.68. The summed E-state index contributed by atoms with van der Waals surface area (Å²) in [6.07, 6.45) is 0.816. The van der Waals surface area contributed by atoms with Gasteiger partial charge >= 0.3 is 0 Å². The molecule has 144 valence electrons. The molecule has 7 heteroatoms. The number of ether oxygens (including phenoxy) is 1. The van der Waals surface area contributed by atoms with Crippen LogP contribution in [-0.4, -0.2) is 72.6 Å². The maximum Gasteiger partial charge on any atom is 0.272 e. The number of carbonyl (C=O) groups excluding carboxylic acids is 1. The minimum Gasteiger partial charge on any atom is -0.497 e. The number of piperazine rings is 1. The van der Waals surface area contributed by atoms with E-state index in [1.807, 2.05) is 30.0 Å². The van der Waals surface area contributed by atoms with Crippen molar-refractivity contribution in [3.63, 3.8) is 0 Å². The molecular formula is C20H27N5O2. The molecule has 1 amide bonds. The molecule has 27 heavy (non-hydrogen) atoms. The van der Waals surface area contributed by atoms with Crippen LogP contribution in [0.25, 0.3) is 0 Å². The Kier molecular flexibility index (Phi) is 6.24. The number of nitrogens with zero attached hydrogens (tertiary/aromatic N) is 4. The van der Waals surface area contributed by atoms with Crippen molar-refractivity contribution in [2.75, 3.05) is 52.2 Å². The van der Waals surface area contributed by atoms with E-state index in [9.17, 15) is 4.79 Å². The molecule has 0 atom stereocenters. The standard InChI is InChI=1S/C20H27N5O2/c1-15-13-18(19(26)25-11-9-24(2)10-12-25)23-20(22-15)21-8-7-16-5-4-6-17(14-16)27-3/h4-6,13-14H,7-12H2,1-3H3,(H,21,22,23). The molecule has 1 aromatic heterocycles.